The normalized spacial score (nSPS) is 10.0. The van der Waals surface area contributed by atoms with Gasteiger partial charge in [-0.2, -0.15) is 0 Å². The Morgan fingerprint density at radius 1 is 1.32 bits per heavy atom. The van der Waals surface area contributed by atoms with Crippen molar-refractivity contribution in [3.63, 3.8) is 0 Å². The summed E-state index contributed by atoms with van der Waals surface area (Å²) in [4.78, 5) is 15.9. The molecule has 1 aromatic heterocycles. The van der Waals surface area contributed by atoms with Gasteiger partial charge in [-0.3, -0.25) is 9.78 Å². The lowest BCUT2D eigenvalue weighted by Crippen LogP contribution is -2.14. The highest BCUT2D eigenvalue weighted by molar-refractivity contribution is 9.10. The lowest BCUT2D eigenvalue weighted by atomic mass is 10.1. The van der Waals surface area contributed by atoms with Gasteiger partial charge in [-0.05, 0) is 39.7 Å². The second-order valence-electron chi connectivity index (χ2n) is 3.96. The lowest BCUT2D eigenvalue weighted by Gasteiger charge is -2.06. The van der Waals surface area contributed by atoms with Crippen molar-refractivity contribution < 1.29 is 9.53 Å². The molecule has 0 saturated heterocycles. The molecule has 0 atom stereocenters. The van der Waals surface area contributed by atoms with Gasteiger partial charge in [-0.15, -0.1) is 0 Å². The predicted octanol–water partition coefficient (Wildman–Crippen LogP) is 3.03. The molecule has 0 aliphatic rings. The number of methoxy groups -OCH3 is 1. The third-order valence-corrected chi connectivity index (χ3v) is 2.95. The van der Waals surface area contributed by atoms with Crippen LogP contribution in [-0.4, -0.2) is 18.0 Å². The van der Waals surface area contributed by atoms with Crippen LogP contribution in [0.5, 0.6) is 5.75 Å². The second-order valence-corrected chi connectivity index (χ2v) is 4.88. The fourth-order valence-corrected chi connectivity index (χ4v) is 1.98. The number of halogens is 1. The summed E-state index contributed by atoms with van der Waals surface area (Å²) >= 11 is 3.31. The number of hydrogen-bond donors (Lipinski definition) is 1. The molecule has 19 heavy (non-hydrogen) atoms. The van der Waals surface area contributed by atoms with Gasteiger partial charge in [0.15, 0.2) is 0 Å². The zero-order chi connectivity index (χ0) is 13.7. The van der Waals surface area contributed by atoms with E-state index >= 15 is 0 Å². The van der Waals surface area contributed by atoms with Crippen LogP contribution in [0.1, 0.15) is 5.56 Å². The van der Waals surface area contributed by atoms with E-state index in [0.717, 1.165) is 15.8 Å². The largest absolute Gasteiger partial charge is 0.497 e. The summed E-state index contributed by atoms with van der Waals surface area (Å²) in [5.41, 5.74) is 1.61. The molecule has 1 N–H and O–H groups in total. The van der Waals surface area contributed by atoms with E-state index in [1.54, 1.807) is 25.6 Å². The summed E-state index contributed by atoms with van der Waals surface area (Å²) in [6.45, 7) is 0. The quantitative estimate of drug-likeness (QED) is 0.942. The monoisotopic (exact) mass is 320 g/mol. The average Bonchev–Trinajstić information content (AvgIpc) is 2.39. The minimum atomic E-state index is -0.0786. The highest BCUT2D eigenvalue weighted by Gasteiger charge is 2.05. The number of amides is 1. The Hall–Kier alpha value is -1.88. The third-order valence-electron chi connectivity index (χ3n) is 2.51. The first-order valence-corrected chi connectivity index (χ1v) is 6.50. The second kappa shape index (κ2) is 6.33. The summed E-state index contributed by atoms with van der Waals surface area (Å²) in [6.07, 6.45) is 3.59. The highest BCUT2D eigenvalue weighted by atomic mass is 79.9. The van der Waals surface area contributed by atoms with Crippen LogP contribution in [0.2, 0.25) is 0 Å². The minimum Gasteiger partial charge on any atom is -0.497 e. The first-order chi connectivity index (χ1) is 9.17. The van der Waals surface area contributed by atoms with Gasteiger partial charge in [-0.1, -0.05) is 12.1 Å². The van der Waals surface area contributed by atoms with Crippen LogP contribution in [0.15, 0.2) is 47.2 Å². The summed E-state index contributed by atoms with van der Waals surface area (Å²) < 4.78 is 5.90. The van der Waals surface area contributed by atoms with Crippen LogP contribution in [0.4, 0.5) is 5.69 Å². The van der Waals surface area contributed by atoms with Crippen molar-refractivity contribution in [2.45, 2.75) is 6.42 Å². The topological polar surface area (TPSA) is 51.2 Å². The van der Waals surface area contributed by atoms with Crippen molar-refractivity contribution in [3.8, 4) is 5.75 Å². The number of nitrogens with zero attached hydrogens (tertiary/aromatic N) is 1. The van der Waals surface area contributed by atoms with Gasteiger partial charge < -0.3 is 10.1 Å². The molecule has 2 aromatic rings. The third kappa shape index (κ3) is 4.06. The summed E-state index contributed by atoms with van der Waals surface area (Å²) in [5, 5.41) is 2.80. The maximum Gasteiger partial charge on any atom is 0.228 e. The van der Waals surface area contributed by atoms with Gasteiger partial charge in [0.05, 0.1) is 25.4 Å². The maximum absolute atomic E-state index is 11.9. The molecule has 0 bridgehead atoms. The van der Waals surface area contributed by atoms with Gasteiger partial charge in [-0.25, -0.2) is 0 Å². The number of carbonyl (C=O) groups excluding carboxylic acids is 1. The molecule has 4 nitrogen and oxygen atoms in total. The fourth-order valence-electron chi connectivity index (χ4n) is 1.61. The van der Waals surface area contributed by atoms with E-state index in [9.17, 15) is 4.79 Å². The van der Waals surface area contributed by atoms with Crippen LogP contribution in [0.3, 0.4) is 0 Å². The molecule has 0 radical (unpaired) electrons. The van der Waals surface area contributed by atoms with Crippen molar-refractivity contribution >= 4 is 27.5 Å². The molecule has 0 aliphatic heterocycles. The Balaban J connectivity index is 1.97. The number of benzene rings is 1. The van der Waals surface area contributed by atoms with Crippen molar-refractivity contribution in [1.82, 2.24) is 4.98 Å². The molecular formula is C14H13BrN2O2. The minimum absolute atomic E-state index is 0.0786. The molecule has 0 saturated carbocycles. The molecule has 0 unspecified atom stereocenters. The van der Waals surface area contributed by atoms with Crippen LogP contribution in [-0.2, 0) is 11.2 Å². The summed E-state index contributed by atoms with van der Waals surface area (Å²) in [5.74, 6) is 0.699. The van der Waals surface area contributed by atoms with Crippen LogP contribution >= 0.6 is 15.9 Å². The van der Waals surface area contributed by atoms with E-state index in [1.807, 2.05) is 24.3 Å². The van der Waals surface area contributed by atoms with Crippen molar-refractivity contribution in [3.05, 3.63) is 52.8 Å². The van der Waals surface area contributed by atoms with Crippen LogP contribution in [0, 0.1) is 0 Å². The van der Waals surface area contributed by atoms with E-state index in [1.165, 1.54) is 0 Å². The Morgan fingerprint density at radius 3 is 2.68 bits per heavy atom. The molecule has 5 heteroatoms. The molecule has 0 aliphatic carbocycles. The number of pyridine rings is 1. The molecule has 2 rings (SSSR count). The summed E-state index contributed by atoms with van der Waals surface area (Å²) in [6, 6.07) is 9.22. The number of hydrogen-bond acceptors (Lipinski definition) is 3. The highest BCUT2D eigenvalue weighted by Crippen LogP contribution is 2.15. The van der Waals surface area contributed by atoms with E-state index in [2.05, 4.69) is 26.2 Å². The van der Waals surface area contributed by atoms with Crippen LogP contribution < -0.4 is 10.1 Å². The van der Waals surface area contributed by atoms with Gasteiger partial charge >= 0.3 is 0 Å². The van der Waals surface area contributed by atoms with Crippen molar-refractivity contribution in [1.29, 1.82) is 0 Å². The van der Waals surface area contributed by atoms with E-state index in [0.29, 0.717) is 12.1 Å². The zero-order valence-electron chi connectivity index (χ0n) is 10.4. The number of ether oxygens (including phenoxy) is 1. The lowest BCUT2D eigenvalue weighted by molar-refractivity contribution is -0.115. The van der Waals surface area contributed by atoms with E-state index in [-0.39, 0.29) is 5.91 Å². The number of rotatable bonds is 4. The van der Waals surface area contributed by atoms with Gasteiger partial charge in [0.2, 0.25) is 5.91 Å². The van der Waals surface area contributed by atoms with E-state index < -0.39 is 0 Å². The number of nitrogens with one attached hydrogen (secondary N) is 1. The average molecular weight is 321 g/mol. The Labute approximate surface area is 119 Å². The van der Waals surface area contributed by atoms with E-state index in [4.69, 9.17) is 4.74 Å². The van der Waals surface area contributed by atoms with Crippen LogP contribution in [0.25, 0.3) is 0 Å². The Morgan fingerprint density at radius 2 is 2.05 bits per heavy atom. The van der Waals surface area contributed by atoms with Gasteiger partial charge in [0.1, 0.15) is 5.75 Å². The smallest absolute Gasteiger partial charge is 0.228 e. The first-order valence-electron chi connectivity index (χ1n) is 5.71. The first kappa shape index (κ1) is 13.5. The fraction of sp³-hybridized carbons (Fsp3) is 0.143. The molecule has 0 spiro atoms. The van der Waals surface area contributed by atoms with Gasteiger partial charge in [0, 0.05) is 10.7 Å². The van der Waals surface area contributed by atoms with Crippen molar-refractivity contribution in [2.24, 2.45) is 0 Å². The molecular weight excluding hydrogens is 308 g/mol. The van der Waals surface area contributed by atoms with Crippen molar-refractivity contribution in [2.75, 3.05) is 12.4 Å². The number of anilines is 1. The SMILES string of the molecule is COc1ccc(CC(=O)Nc2cncc(Br)c2)cc1. The molecule has 1 aromatic carbocycles. The standard InChI is InChI=1S/C14H13BrN2O2/c1-19-13-4-2-10(3-5-13)6-14(18)17-12-7-11(15)8-16-9-12/h2-5,7-9H,6H2,1H3,(H,17,18). The zero-order valence-corrected chi connectivity index (χ0v) is 12.0. The number of aromatic nitrogens is 1. The Kier molecular flexibility index (Phi) is 4.52. The predicted molar refractivity (Wildman–Crippen MR) is 77.3 cm³/mol. The summed E-state index contributed by atoms with van der Waals surface area (Å²) in [7, 11) is 1.61. The molecule has 1 amide bonds. The molecule has 0 fully saturated rings. The molecule has 1 heterocycles. The maximum atomic E-state index is 11.9. The number of carbonyl (C=O) groups is 1. The van der Waals surface area contributed by atoms with Gasteiger partial charge in [0.25, 0.3) is 0 Å². The Bertz CT molecular complexity index is 570. The molecule has 98 valence electrons.